The number of ether oxygens (including phenoxy) is 3. The molecular formula is C24H24O6S. The fraction of sp³-hybridized carbons (Fsp3) is 0.292. The summed E-state index contributed by atoms with van der Waals surface area (Å²) in [5.74, 6) is -1.12. The summed E-state index contributed by atoms with van der Waals surface area (Å²) >= 11 is 0. The third kappa shape index (κ3) is 4.21. The largest absolute Gasteiger partial charge is 0.423 e. The first kappa shape index (κ1) is 21.5. The number of rotatable bonds is 5. The lowest BCUT2D eigenvalue weighted by atomic mass is 10.1. The van der Waals surface area contributed by atoms with Gasteiger partial charge in [0, 0.05) is 12.0 Å². The molecule has 1 aliphatic carbocycles. The van der Waals surface area contributed by atoms with E-state index in [4.69, 9.17) is 14.2 Å². The zero-order chi connectivity index (χ0) is 22.2. The van der Waals surface area contributed by atoms with Gasteiger partial charge in [-0.2, -0.15) is 0 Å². The Balaban J connectivity index is 1.79. The Morgan fingerprint density at radius 3 is 2.26 bits per heavy atom. The van der Waals surface area contributed by atoms with Crippen LogP contribution in [0, 0.1) is 0 Å². The molecule has 0 N–H and O–H groups in total. The summed E-state index contributed by atoms with van der Waals surface area (Å²) < 4.78 is 44.3. The van der Waals surface area contributed by atoms with Gasteiger partial charge in [0.25, 0.3) is 0 Å². The molecule has 162 valence electrons. The van der Waals surface area contributed by atoms with Crippen molar-refractivity contribution in [3.05, 3.63) is 84.0 Å². The fourth-order valence-corrected chi connectivity index (χ4v) is 5.94. The molecule has 0 saturated carbocycles. The van der Waals surface area contributed by atoms with Crippen LogP contribution >= 0.6 is 0 Å². The first-order valence-corrected chi connectivity index (χ1v) is 11.5. The van der Waals surface area contributed by atoms with Crippen LogP contribution in [0.5, 0.6) is 5.75 Å². The van der Waals surface area contributed by atoms with E-state index in [0.29, 0.717) is 16.9 Å². The summed E-state index contributed by atoms with van der Waals surface area (Å²) in [6.07, 6.45) is -0.603. The SMILES string of the molecule is C=C1CC(C(=O)Oc2ccccc2)=C([C@H]2COC(C)(C)O2)C1S(=O)(=O)c1ccccc1. The van der Waals surface area contributed by atoms with Gasteiger partial charge in [-0.3, -0.25) is 0 Å². The first-order chi connectivity index (χ1) is 14.7. The average Bonchev–Trinajstić information content (AvgIpc) is 3.28. The van der Waals surface area contributed by atoms with Crippen LogP contribution in [0.4, 0.5) is 0 Å². The van der Waals surface area contributed by atoms with Gasteiger partial charge in [-0.15, -0.1) is 0 Å². The van der Waals surface area contributed by atoms with Crippen LogP contribution in [-0.4, -0.2) is 38.1 Å². The number of carbonyl (C=O) groups is 1. The second-order valence-corrected chi connectivity index (χ2v) is 10.1. The van der Waals surface area contributed by atoms with E-state index < -0.39 is 32.9 Å². The molecule has 0 bridgehead atoms. The maximum absolute atomic E-state index is 13.6. The van der Waals surface area contributed by atoms with Crippen LogP contribution in [0.25, 0.3) is 0 Å². The minimum Gasteiger partial charge on any atom is -0.423 e. The summed E-state index contributed by atoms with van der Waals surface area (Å²) in [7, 11) is -3.85. The molecule has 6 nitrogen and oxygen atoms in total. The van der Waals surface area contributed by atoms with Gasteiger partial charge < -0.3 is 14.2 Å². The predicted octanol–water partition coefficient (Wildman–Crippen LogP) is 3.84. The molecule has 2 aromatic rings. The van der Waals surface area contributed by atoms with Crippen molar-refractivity contribution in [3.63, 3.8) is 0 Å². The van der Waals surface area contributed by atoms with Gasteiger partial charge in [0.15, 0.2) is 15.6 Å². The van der Waals surface area contributed by atoms with Gasteiger partial charge >= 0.3 is 5.97 Å². The van der Waals surface area contributed by atoms with Crippen molar-refractivity contribution in [3.8, 4) is 5.75 Å². The quantitative estimate of drug-likeness (QED) is 0.399. The number of hydrogen-bond donors (Lipinski definition) is 0. The van der Waals surface area contributed by atoms with Crippen molar-refractivity contribution in [1.82, 2.24) is 0 Å². The maximum Gasteiger partial charge on any atom is 0.339 e. The molecule has 1 heterocycles. The number of esters is 1. The summed E-state index contributed by atoms with van der Waals surface area (Å²) in [6.45, 7) is 7.64. The molecule has 2 aliphatic rings. The number of hydrogen-bond acceptors (Lipinski definition) is 6. The smallest absolute Gasteiger partial charge is 0.339 e. The monoisotopic (exact) mass is 440 g/mol. The highest BCUT2D eigenvalue weighted by atomic mass is 32.2. The van der Waals surface area contributed by atoms with E-state index in [0.717, 1.165) is 0 Å². The Bertz CT molecular complexity index is 1130. The van der Waals surface area contributed by atoms with E-state index in [2.05, 4.69) is 6.58 Å². The minimum absolute atomic E-state index is 0.0953. The molecule has 7 heteroatoms. The number of carbonyl (C=O) groups excluding carboxylic acids is 1. The molecule has 2 aromatic carbocycles. The zero-order valence-electron chi connectivity index (χ0n) is 17.4. The van der Waals surface area contributed by atoms with Gasteiger partial charge in [-0.1, -0.05) is 48.6 Å². The molecule has 1 aliphatic heterocycles. The Hall–Kier alpha value is -2.74. The molecule has 31 heavy (non-hydrogen) atoms. The van der Waals surface area contributed by atoms with Crippen molar-refractivity contribution >= 4 is 15.8 Å². The minimum atomic E-state index is -3.85. The second kappa shape index (κ2) is 8.07. The standard InChI is InChI=1S/C24H24O6S/c1-16-14-19(23(25)29-17-10-6-4-7-11-17)21(20-15-28-24(2,3)30-20)22(16)31(26,27)18-12-8-5-9-13-18/h4-13,20,22H,1,14-15H2,2-3H3/t20-,22?/m1/s1. The Labute approximate surface area is 182 Å². The summed E-state index contributed by atoms with van der Waals surface area (Å²) in [4.78, 5) is 13.2. The maximum atomic E-state index is 13.6. The summed E-state index contributed by atoms with van der Waals surface area (Å²) in [5, 5.41) is -1.09. The Morgan fingerprint density at radius 2 is 1.68 bits per heavy atom. The second-order valence-electron chi connectivity index (χ2n) is 8.03. The molecule has 0 amide bonds. The zero-order valence-corrected chi connectivity index (χ0v) is 18.2. The number of benzene rings is 2. The van der Waals surface area contributed by atoms with E-state index >= 15 is 0 Å². The highest BCUT2D eigenvalue weighted by Gasteiger charge is 2.48. The van der Waals surface area contributed by atoms with Crippen LogP contribution in [-0.2, 0) is 24.1 Å². The molecule has 0 aromatic heterocycles. The van der Waals surface area contributed by atoms with Crippen LogP contribution in [0.15, 0.2) is 88.9 Å². The Morgan fingerprint density at radius 1 is 1.06 bits per heavy atom. The summed E-state index contributed by atoms with van der Waals surface area (Å²) in [5.41, 5.74) is 1.01. The summed E-state index contributed by atoms with van der Waals surface area (Å²) in [6, 6.07) is 16.8. The topological polar surface area (TPSA) is 78.9 Å². The normalized spacial score (nSPS) is 23.2. The van der Waals surface area contributed by atoms with Crippen LogP contribution in [0.2, 0.25) is 0 Å². The lowest BCUT2D eigenvalue weighted by Crippen LogP contribution is -2.32. The first-order valence-electron chi connectivity index (χ1n) is 9.97. The fourth-order valence-electron chi connectivity index (χ4n) is 3.98. The van der Waals surface area contributed by atoms with E-state index in [-0.39, 0.29) is 23.5 Å². The van der Waals surface area contributed by atoms with Crippen molar-refractivity contribution in [2.45, 2.75) is 42.3 Å². The molecule has 0 spiro atoms. The Kier molecular flexibility index (Phi) is 5.60. The van der Waals surface area contributed by atoms with E-state index in [1.165, 1.54) is 12.1 Å². The van der Waals surface area contributed by atoms with Crippen LogP contribution in [0.3, 0.4) is 0 Å². The van der Waals surface area contributed by atoms with E-state index in [1.807, 2.05) is 6.07 Å². The molecule has 2 atom stereocenters. The molecule has 0 radical (unpaired) electrons. The van der Waals surface area contributed by atoms with Gasteiger partial charge in [0.05, 0.1) is 11.5 Å². The van der Waals surface area contributed by atoms with Gasteiger partial charge in [0.2, 0.25) is 0 Å². The molecular weight excluding hydrogens is 416 g/mol. The lowest BCUT2D eigenvalue weighted by Gasteiger charge is -2.23. The average molecular weight is 441 g/mol. The highest BCUT2D eigenvalue weighted by Crippen LogP contribution is 2.43. The van der Waals surface area contributed by atoms with E-state index in [9.17, 15) is 13.2 Å². The van der Waals surface area contributed by atoms with Crippen molar-refractivity contribution in [1.29, 1.82) is 0 Å². The highest BCUT2D eigenvalue weighted by molar-refractivity contribution is 7.92. The van der Waals surface area contributed by atoms with Crippen molar-refractivity contribution < 1.29 is 27.4 Å². The molecule has 1 unspecified atom stereocenters. The third-order valence-corrected chi connectivity index (χ3v) is 7.48. The van der Waals surface area contributed by atoms with Crippen molar-refractivity contribution in [2.75, 3.05) is 6.61 Å². The predicted molar refractivity (Wildman–Crippen MR) is 115 cm³/mol. The molecule has 1 saturated heterocycles. The van der Waals surface area contributed by atoms with Gasteiger partial charge in [-0.25, -0.2) is 13.2 Å². The lowest BCUT2D eigenvalue weighted by molar-refractivity contribution is -0.135. The molecule has 1 fully saturated rings. The van der Waals surface area contributed by atoms with Crippen LogP contribution in [0.1, 0.15) is 20.3 Å². The van der Waals surface area contributed by atoms with E-state index in [1.54, 1.807) is 56.3 Å². The molecule has 4 rings (SSSR count). The van der Waals surface area contributed by atoms with Crippen LogP contribution < -0.4 is 4.74 Å². The van der Waals surface area contributed by atoms with Gasteiger partial charge in [0.1, 0.15) is 17.1 Å². The van der Waals surface area contributed by atoms with Gasteiger partial charge in [-0.05, 0) is 43.7 Å². The third-order valence-electron chi connectivity index (χ3n) is 5.34. The van der Waals surface area contributed by atoms with Crippen molar-refractivity contribution in [2.24, 2.45) is 0 Å². The number of para-hydroxylation sites is 1. The number of sulfone groups is 1.